The molecule has 2 N–H and O–H groups in total. The Morgan fingerprint density at radius 1 is 1.00 bits per heavy atom. The molecular formula is C16H14N4O2S3. The molecule has 9 heteroatoms. The SMILES string of the molecule is O=C(CSc1nnc(NC(=O)Cc2cccs2)s1)Nc1ccccc1. The van der Waals surface area contributed by atoms with E-state index in [0.717, 1.165) is 10.6 Å². The fraction of sp³-hybridized carbons (Fsp3) is 0.125. The van der Waals surface area contributed by atoms with Crippen LogP contribution in [0.25, 0.3) is 0 Å². The third kappa shape index (κ3) is 5.66. The molecule has 0 atom stereocenters. The number of thiophene rings is 1. The number of nitrogens with one attached hydrogen (secondary N) is 2. The summed E-state index contributed by atoms with van der Waals surface area (Å²) in [5.41, 5.74) is 0.756. The quantitative estimate of drug-likeness (QED) is 0.476. The Morgan fingerprint density at radius 2 is 1.84 bits per heavy atom. The van der Waals surface area contributed by atoms with Gasteiger partial charge in [-0.1, -0.05) is 47.4 Å². The third-order valence-electron chi connectivity index (χ3n) is 2.95. The lowest BCUT2D eigenvalue weighted by atomic mass is 10.3. The van der Waals surface area contributed by atoms with Gasteiger partial charge in [0.2, 0.25) is 16.9 Å². The highest BCUT2D eigenvalue weighted by atomic mass is 32.2. The fourth-order valence-electron chi connectivity index (χ4n) is 1.90. The van der Waals surface area contributed by atoms with Crippen LogP contribution in [0.3, 0.4) is 0 Å². The zero-order valence-electron chi connectivity index (χ0n) is 13.0. The molecule has 0 aliphatic carbocycles. The zero-order valence-corrected chi connectivity index (χ0v) is 15.4. The molecule has 0 aliphatic heterocycles. The smallest absolute Gasteiger partial charge is 0.234 e. The van der Waals surface area contributed by atoms with Crippen LogP contribution in [0.15, 0.2) is 52.2 Å². The highest BCUT2D eigenvalue weighted by Crippen LogP contribution is 2.25. The molecule has 6 nitrogen and oxygen atoms in total. The number of hydrogen-bond acceptors (Lipinski definition) is 7. The summed E-state index contributed by atoms with van der Waals surface area (Å²) in [6, 6.07) is 13.1. The van der Waals surface area contributed by atoms with E-state index in [4.69, 9.17) is 0 Å². The first-order valence-electron chi connectivity index (χ1n) is 7.32. The van der Waals surface area contributed by atoms with E-state index in [9.17, 15) is 9.59 Å². The van der Waals surface area contributed by atoms with Crippen LogP contribution in [0.2, 0.25) is 0 Å². The number of benzene rings is 1. The summed E-state index contributed by atoms with van der Waals surface area (Å²) in [4.78, 5) is 24.8. The van der Waals surface area contributed by atoms with Crippen molar-refractivity contribution in [3.63, 3.8) is 0 Å². The van der Waals surface area contributed by atoms with E-state index < -0.39 is 0 Å². The van der Waals surface area contributed by atoms with E-state index in [1.165, 1.54) is 34.4 Å². The molecule has 0 saturated carbocycles. The molecule has 3 rings (SSSR count). The van der Waals surface area contributed by atoms with Gasteiger partial charge in [-0.3, -0.25) is 9.59 Å². The van der Waals surface area contributed by atoms with Crippen LogP contribution >= 0.6 is 34.4 Å². The van der Waals surface area contributed by atoms with Crippen molar-refractivity contribution in [3.8, 4) is 0 Å². The van der Waals surface area contributed by atoms with Crippen LogP contribution < -0.4 is 10.6 Å². The summed E-state index contributed by atoms with van der Waals surface area (Å²) in [7, 11) is 0. The number of carbonyl (C=O) groups is 2. The van der Waals surface area contributed by atoms with Gasteiger partial charge in [0.1, 0.15) is 0 Å². The van der Waals surface area contributed by atoms with E-state index in [2.05, 4.69) is 20.8 Å². The summed E-state index contributed by atoms with van der Waals surface area (Å²) in [6.07, 6.45) is 0.319. The highest BCUT2D eigenvalue weighted by molar-refractivity contribution is 8.01. The molecule has 0 spiro atoms. The molecule has 2 aromatic heterocycles. The average Bonchev–Trinajstić information content (AvgIpc) is 3.26. The molecule has 2 heterocycles. The van der Waals surface area contributed by atoms with Crippen molar-refractivity contribution in [1.82, 2.24) is 10.2 Å². The summed E-state index contributed by atoms with van der Waals surface area (Å²) in [5.74, 6) is -0.0150. The number of rotatable bonds is 7. The largest absolute Gasteiger partial charge is 0.325 e. The minimum atomic E-state index is -0.128. The molecule has 3 aromatic rings. The zero-order chi connectivity index (χ0) is 17.5. The van der Waals surface area contributed by atoms with E-state index in [-0.39, 0.29) is 17.6 Å². The Balaban J connectivity index is 1.45. The Hall–Kier alpha value is -2.23. The standard InChI is InChI=1S/C16H14N4O2S3/c21-13(9-12-7-4-8-23-12)18-15-19-20-16(25-15)24-10-14(22)17-11-5-2-1-3-6-11/h1-8H,9-10H2,(H,17,22)(H,18,19,21). The van der Waals surface area contributed by atoms with Gasteiger partial charge >= 0.3 is 0 Å². The van der Waals surface area contributed by atoms with Crippen LogP contribution in [-0.4, -0.2) is 27.8 Å². The van der Waals surface area contributed by atoms with Gasteiger partial charge in [-0.15, -0.1) is 21.5 Å². The molecule has 1 aromatic carbocycles. The van der Waals surface area contributed by atoms with Crippen molar-refractivity contribution in [1.29, 1.82) is 0 Å². The topological polar surface area (TPSA) is 84.0 Å². The van der Waals surface area contributed by atoms with Crippen LogP contribution in [0.4, 0.5) is 10.8 Å². The van der Waals surface area contributed by atoms with Gasteiger partial charge in [0.15, 0.2) is 4.34 Å². The van der Waals surface area contributed by atoms with Crippen LogP contribution in [-0.2, 0) is 16.0 Å². The predicted molar refractivity (Wildman–Crippen MR) is 102 cm³/mol. The maximum Gasteiger partial charge on any atom is 0.234 e. The number of nitrogens with zero attached hydrogens (tertiary/aromatic N) is 2. The summed E-state index contributed by atoms with van der Waals surface area (Å²) < 4.78 is 0.634. The molecule has 128 valence electrons. The molecule has 2 amide bonds. The molecule has 0 saturated heterocycles. The summed E-state index contributed by atoms with van der Waals surface area (Å²) >= 11 is 4.08. The number of carbonyl (C=O) groups excluding carboxylic acids is 2. The van der Waals surface area contributed by atoms with Crippen molar-refractivity contribution in [2.24, 2.45) is 0 Å². The first-order chi connectivity index (χ1) is 12.2. The maximum atomic E-state index is 11.9. The maximum absolute atomic E-state index is 11.9. The number of aromatic nitrogens is 2. The van der Waals surface area contributed by atoms with Crippen LogP contribution in [0.1, 0.15) is 4.88 Å². The summed E-state index contributed by atoms with van der Waals surface area (Å²) in [5, 5.41) is 15.8. The van der Waals surface area contributed by atoms with Crippen LogP contribution in [0, 0.1) is 0 Å². The van der Waals surface area contributed by atoms with Crippen molar-refractivity contribution in [3.05, 3.63) is 52.7 Å². The fourth-order valence-corrected chi connectivity index (χ4v) is 4.17. The molecule has 0 bridgehead atoms. The molecule has 0 unspecified atom stereocenters. The molecule has 0 aliphatic rings. The Bertz CT molecular complexity index is 834. The minimum Gasteiger partial charge on any atom is -0.325 e. The van der Waals surface area contributed by atoms with Gasteiger partial charge in [0, 0.05) is 10.6 Å². The van der Waals surface area contributed by atoms with E-state index >= 15 is 0 Å². The van der Waals surface area contributed by atoms with Gasteiger partial charge in [-0.2, -0.15) is 0 Å². The van der Waals surface area contributed by atoms with Gasteiger partial charge in [-0.25, -0.2) is 0 Å². The molecule has 0 fully saturated rings. The average molecular weight is 391 g/mol. The van der Waals surface area contributed by atoms with Gasteiger partial charge in [-0.05, 0) is 23.6 Å². The Labute approximate surface area is 156 Å². The van der Waals surface area contributed by atoms with Crippen molar-refractivity contribution < 1.29 is 9.59 Å². The van der Waals surface area contributed by atoms with Gasteiger partial charge in [0.25, 0.3) is 0 Å². The summed E-state index contributed by atoms with van der Waals surface area (Å²) in [6.45, 7) is 0. The number of para-hydroxylation sites is 1. The minimum absolute atomic E-state index is 0.116. The van der Waals surface area contributed by atoms with Crippen molar-refractivity contribution in [2.75, 3.05) is 16.4 Å². The van der Waals surface area contributed by atoms with E-state index in [1.807, 2.05) is 47.8 Å². The number of thioether (sulfide) groups is 1. The molecule has 25 heavy (non-hydrogen) atoms. The normalized spacial score (nSPS) is 10.4. The first kappa shape index (κ1) is 17.6. The second kappa shape index (κ2) is 8.75. The van der Waals surface area contributed by atoms with E-state index in [0.29, 0.717) is 15.9 Å². The number of amides is 2. The second-order valence-electron chi connectivity index (χ2n) is 4.88. The van der Waals surface area contributed by atoms with Crippen molar-refractivity contribution in [2.45, 2.75) is 10.8 Å². The molecule has 0 radical (unpaired) electrons. The molecular weight excluding hydrogens is 376 g/mol. The van der Waals surface area contributed by atoms with E-state index in [1.54, 1.807) is 0 Å². The lowest BCUT2D eigenvalue weighted by Crippen LogP contribution is -2.13. The number of anilines is 2. The van der Waals surface area contributed by atoms with Gasteiger partial charge < -0.3 is 10.6 Å². The first-order valence-corrected chi connectivity index (χ1v) is 10.0. The lowest BCUT2D eigenvalue weighted by molar-refractivity contribution is -0.115. The van der Waals surface area contributed by atoms with Crippen LogP contribution in [0.5, 0.6) is 0 Å². The van der Waals surface area contributed by atoms with Gasteiger partial charge in [0.05, 0.1) is 12.2 Å². The Kier molecular flexibility index (Phi) is 6.15. The lowest BCUT2D eigenvalue weighted by Gasteiger charge is -2.02. The Morgan fingerprint density at radius 3 is 2.60 bits per heavy atom. The third-order valence-corrected chi connectivity index (χ3v) is 5.80. The number of hydrogen-bond donors (Lipinski definition) is 2. The monoisotopic (exact) mass is 390 g/mol. The highest BCUT2D eigenvalue weighted by Gasteiger charge is 2.11. The van der Waals surface area contributed by atoms with Crippen molar-refractivity contribution >= 4 is 57.1 Å². The predicted octanol–water partition coefficient (Wildman–Crippen LogP) is 3.51. The second-order valence-corrected chi connectivity index (χ2v) is 8.11.